The van der Waals surface area contributed by atoms with Gasteiger partial charge in [-0.1, -0.05) is 23.6 Å². The number of allylic oxidation sites excluding steroid dienone is 3. The Morgan fingerprint density at radius 1 is 1.67 bits per heavy atom. The Morgan fingerprint density at radius 3 is 2.89 bits per heavy atom. The molecule has 0 N–H and O–H groups in total. The van der Waals surface area contributed by atoms with Gasteiger partial charge in [-0.2, -0.15) is 0 Å². The molecular formula is C8H11I. The van der Waals surface area contributed by atoms with Crippen LogP contribution in [0.15, 0.2) is 21.8 Å². The fraction of sp³-hybridized carbons (Fsp3) is 0.250. The third kappa shape index (κ3) is 1.97. The lowest BCUT2D eigenvalue weighted by Crippen LogP contribution is -1.77. The maximum atomic E-state index is 4.04. The predicted molar refractivity (Wildman–Crippen MR) is 54.7 cm³/mol. The van der Waals surface area contributed by atoms with Crippen LogP contribution in [0, 0.1) is 0 Å². The molecule has 0 amide bonds. The van der Waals surface area contributed by atoms with Gasteiger partial charge in [0, 0.05) is 0 Å². The first kappa shape index (κ1) is 7.06. The van der Waals surface area contributed by atoms with Crippen LogP contribution >= 0.6 is 18.9 Å². The Hall–Kier alpha value is -0.0500. The van der Waals surface area contributed by atoms with Crippen LogP contribution in [0.1, 0.15) is 13.3 Å². The summed E-state index contributed by atoms with van der Waals surface area (Å²) in [6.07, 6.45) is 5.59. The first-order chi connectivity index (χ1) is 4.33. The van der Waals surface area contributed by atoms with Gasteiger partial charge in [0.1, 0.15) is 0 Å². The summed E-state index contributed by atoms with van der Waals surface area (Å²) in [5.41, 5.74) is 1.44. The molecule has 0 bridgehead atoms. The van der Waals surface area contributed by atoms with Crippen LogP contribution in [0.3, 0.4) is 0 Å². The normalized spacial score (nSPS) is 19.0. The van der Waals surface area contributed by atoms with Gasteiger partial charge in [-0.25, -0.2) is 0 Å². The Bertz CT molecular complexity index is 225. The van der Waals surface area contributed by atoms with Crippen LogP contribution in [0.25, 0.3) is 0 Å². The third-order valence-electron chi connectivity index (χ3n) is 1.29. The van der Waals surface area contributed by atoms with Gasteiger partial charge in [-0.05, 0) is 20.1 Å². The van der Waals surface area contributed by atoms with Gasteiger partial charge in [0.25, 0.3) is 0 Å². The second-order valence-corrected chi connectivity index (χ2v) is 5.87. The zero-order valence-corrected chi connectivity index (χ0v) is 7.76. The largest absolute Gasteiger partial charge is 0.132 e. The van der Waals surface area contributed by atoms with Crippen molar-refractivity contribution in [2.24, 2.45) is 0 Å². The van der Waals surface area contributed by atoms with E-state index in [1.54, 1.807) is 0 Å². The SMILES string of the molecule is C=I1=CC=C(CC)C=C1. The van der Waals surface area contributed by atoms with Crippen molar-refractivity contribution in [2.45, 2.75) is 13.3 Å². The number of rotatable bonds is 1. The Kier molecular flexibility index (Phi) is 2.51. The predicted octanol–water partition coefficient (Wildman–Crippen LogP) is 2.59. The van der Waals surface area contributed by atoms with Gasteiger partial charge < -0.3 is 0 Å². The molecule has 0 saturated carbocycles. The van der Waals surface area contributed by atoms with E-state index >= 15 is 0 Å². The fourth-order valence-electron chi connectivity index (χ4n) is 0.657. The van der Waals surface area contributed by atoms with E-state index in [1.165, 1.54) is 5.57 Å². The van der Waals surface area contributed by atoms with Crippen molar-refractivity contribution >= 4 is 27.4 Å². The minimum Gasteiger partial charge on any atom is -0.132 e. The quantitative estimate of drug-likeness (QED) is 0.611. The van der Waals surface area contributed by atoms with Crippen LogP contribution in [0.5, 0.6) is 0 Å². The summed E-state index contributed by atoms with van der Waals surface area (Å²) in [5, 5.41) is 0. The molecule has 1 rings (SSSR count). The molecule has 50 valence electrons. The summed E-state index contributed by atoms with van der Waals surface area (Å²) >= 11 is -0.928. The lowest BCUT2D eigenvalue weighted by Gasteiger charge is -1.97. The average Bonchev–Trinajstić information content (AvgIpc) is 1.90. The summed E-state index contributed by atoms with van der Waals surface area (Å²) in [4.78, 5) is 0. The maximum absolute atomic E-state index is 4.04. The molecule has 0 spiro atoms. The smallest absolute Gasteiger partial charge is 0.0307 e. The molecular weight excluding hydrogens is 223 g/mol. The Labute approximate surface area is 62.6 Å². The highest BCUT2D eigenvalue weighted by molar-refractivity contribution is 14.2. The van der Waals surface area contributed by atoms with Gasteiger partial charge in [-0.15, -0.1) is 18.9 Å². The van der Waals surface area contributed by atoms with Crippen molar-refractivity contribution in [3.8, 4) is 0 Å². The molecule has 0 aromatic rings. The molecule has 9 heavy (non-hydrogen) atoms. The second kappa shape index (κ2) is 3.20. The lowest BCUT2D eigenvalue weighted by atomic mass is 10.2. The zero-order chi connectivity index (χ0) is 6.69. The minimum atomic E-state index is -0.928. The Morgan fingerprint density at radius 2 is 2.44 bits per heavy atom. The van der Waals surface area contributed by atoms with Gasteiger partial charge in [0.05, 0.1) is 0 Å². The van der Waals surface area contributed by atoms with Gasteiger partial charge in [0.2, 0.25) is 0 Å². The van der Waals surface area contributed by atoms with Crippen molar-refractivity contribution in [1.82, 2.24) is 0 Å². The monoisotopic (exact) mass is 234 g/mol. The van der Waals surface area contributed by atoms with Crippen molar-refractivity contribution in [3.63, 3.8) is 0 Å². The molecule has 0 aromatic carbocycles. The molecule has 1 aliphatic heterocycles. The highest BCUT2D eigenvalue weighted by Crippen LogP contribution is 2.16. The second-order valence-electron chi connectivity index (χ2n) is 1.95. The summed E-state index contributed by atoms with van der Waals surface area (Å²) in [6.45, 7) is 2.18. The van der Waals surface area contributed by atoms with Crippen molar-refractivity contribution in [1.29, 1.82) is 0 Å². The molecule has 1 heteroatoms. The lowest BCUT2D eigenvalue weighted by molar-refractivity contribution is 1.16. The van der Waals surface area contributed by atoms with Crippen LogP contribution < -0.4 is 0 Å². The molecule has 0 nitrogen and oxygen atoms in total. The standard InChI is InChI=1S/C8H11I/c1-3-8-4-6-9(2)7-5-8/h4-7H,2-3H2,1H3. The van der Waals surface area contributed by atoms with E-state index in [4.69, 9.17) is 0 Å². The van der Waals surface area contributed by atoms with Crippen LogP contribution in [0.2, 0.25) is 0 Å². The van der Waals surface area contributed by atoms with Gasteiger partial charge >= 0.3 is 0 Å². The van der Waals surface area contributed by atoms with Crippen molar-refractivity contribution in [2.75, 3.05) is 0 Å². The molecule has 0 aliphatic carbocycles. The first-order valence-electron chi connectivity index (χ1n) is 3.01. The van der Waals surface area contributed by atoms with E-state index in [1.807, 2.05) is 0 Å². The topological polar surface area (TPSA) is 0 Å². The van der Waals surface area contributed by atoms with Gasteiger partial charge in [-0.3, -0.25) is 0 Å². The van der Waals surface area contributed by atoms with Crippen LogP contribution in [0.4, 0.5) is 0 Å². The van der Waals surface area contributed by atoms with Crippen molar-refractivity contribution in [3.05, 3.63) is 21.8 Å². The van der Waals surface area contributed by atoms with E-state index in [0.29, 0.717) is 0 Å². The number of halogens is 1. The fourth-order valence-corrected chi connectivity index (χ4v) is 2.74. The molecule has 0 aromatic heterocycles. The maximum Gasteiger partial charge on any atom is -0.0307 e. The van der Waals surface area contributed by atoms with E-state index in [-0.39, 0.29) is 0 Å². The first-order valence-corrected chi connectivity index (χ1v) is 7.03. The number of hydrogen-bond acceptors (Lipinski definition) is 0. The molecule has 0 fully saturated rings. The summed E-state index contributed by atoms with van der Waals surface area (Å²) in [5.74, 6) is 0. The summed E-state index contributed by atoms with van der Waals surface area (Å²) in [7, 11) is 0. The van der Waals surface area contributed by atoms with E-state index in [2.05, 4.69) is 31.7 Å². The molecule has 1 aliphatic rings. The average molecular weight is 234 g/mol. The highest BCUT2D eigenvalue weighted by Gasteiger charge is 1.87. The molecule has 1 heterocycles. The Balaban J connectivity index is 2.87. The van der Waals surface area contributed by atoms with E-state index < -0.39 is 18.9 Å². The number of hydrogen-bond donors (Lipinski definition) is 0. The van der Waals surface area contributed by atoms with Crippen LogP contribution in [-0.2, 0) is 0 Å². The molecule has 0 atom stereocenters. The van der Waals surface area contributed by atoms with Gasteiger partial charge in [0.15, 0.2) is 0 Å². The third-order valence-corrected chi connectivity index (χ3v) is 3.85. The van der Waals surface area contributed by atoms with Crippen molar-refractivity contribution < 1.29 is 0 Å². The minimum absolute atomic E-state index is 0.928. The van der Waals surface area contributed by atoms with E-state index in [0.717, 1.165) is 6.42 Å². The van der Waals surface area contributed by atoms with Crippen LogP contribution in [-0.4, -0.2) is 8.53 Å². The summed E-state index contributed by atoms with van der Waals surface area (Å²) < 4.78 is 8.60. The summed E-state index contributed by atoms with van der Waals surface area (Å²) in [6, 6.07) is 0. The van der Waals surface area contributed by atoms with E-state index in [9.17, 15) is 0 Å². The highest BCUT2D eigenvalue weighted by atomic mass is 127. The molecule has 0 unspecified atom stereocenters. The zero-order valence-electron chi connectivity index (χ0n) is 5.60. The molecule has 0 saturated heterocycles. The molecule has 0 radical (unpaired) electrons.